The van der Waals surface area contributed by atoms with Crippen LogP contribution in [-0.2, 0) is 19.5 Å². The third-order valence-electron chi connectivity index (χ3n) is 3.50. The van der Waals surface area contributed by atoms with Gasteiger partial charge in [0.2, 0.25) is 0 Å². The maximum atomic E-state index is 12.2. The molecule has 0 aliphatic carbocycles. The highest BCUT2D eigenvalue weighted by Gasteiger charge is 2.23. The molecule has 3 heterocycles. The minimum absolute atomic E-state index is 0.225. The summed E-state index contributed by atoms with van der Waals surface area (Å²) >= 11 is 0. The van der Waals surface area contributed by atoms with Crippen LogP contribution in [0.3, 0.4) is 0 Å². The molecule has 1 amide bonds. The Morgan fingerprint density at radius 2 is 2.33 bits per heavy atom. The highest BCUT2D eigenvalue weighted by molar-refractivity contribution is 5.92. The van der Waals surface area contributed by atoms with Crippen LogP contribution >= 0.6 is 0 Å². The third kappa shape index (κ3) is 2.64. The van der Waals surface area contributed by atoms with Gasteiger partial charge in [0.05, 0.1) is 18.8 Å². The third-order valence-corrected chi connectivity index (χ3v) is 3.50. The molecule has 0 fully saturated rings. The van der Waals surface area contributed by atoms with Crippen LogP contribution in [0.15, 0.2) is 6.20 Å². The number of nitrogens with two attached hydrogens (primary N) is 1. The van der Waals surface area contributed by atoms with Crippen molar-refractivity contribution in [2.75, 3.05) is 6.54 Å². The molecule has 112 valence electrons. The number of aryl methyl sites for hydroxylation is 1. The Kier molecular flexibility index (Phi) is 3.65. The normalized spacial score (nSPS) is 15.0. The topological polar surface area (TPSA) is 117 Å². The van der Waals surface area contributed by atoms with Crippen LogP contribution in [0.2, 0.25) is 0 Å². The smallest absolute Gasteiger partial charge is 0.274 e. The lowest BCUT2D eigenvalue weighted by atomic mass is 10.3. The summed E-state index contributed by atoms with van der Waals surface area (Å²) in [6.07, 6.45) is 3.61. The van der Waals surface area contributed by atoms with Crippen molar-refractivity contribution in [1.29, 1.82) is 0 Å². The van der Waals surface area contributed by atoms with Gasteiger partial charge in [-0.3, -0.25) is 9.48 Å². The van der Waals surface area contributed by atoms with E-state index in [0.717, 1.165) is 31.0 Å². The molecule has 2 aromatic rings. The van der Waals surface area contributed by atoms with Crippen molar-refractivity contribution >= 4 is 5.91 Å². The van der Waals surface area contributed by atoms with E-state index in [2.05, 4.69) is 30.4 Å². The van der Waals surface area contributed by atoms with Crippen LogP contribution in [-0.4, -0.2) is 42.2 Å². The van der Waals surface area contributed by atoms with E-state index in [4.69, 9.17) is 5.73 Å². The Hall–Kier alpha value is -2.29. The average Bonchev–Trinajstić information content (AvgIpc) is 3.14. The fourth-order valence-electron chi connectivity index (χ4n) is 2.47. The molecule has 0 spiro atoms. The minimum atomic E-state index is -0.277. The molecule has 0 aromatic carbocycles. The van der Waals surface area contributed by atoms with Crippen molar-refractivity contribution in [3.63, 3.8) is 0 Å². The SMILES string of the molecule is CC(NC(=O)c1cn(CCN)nn1)c1nnc2n1CCC2. The monoisotopic (exact) mass is 290 g/mol. The number of amides is 1. The number of hydrogen-bond acceptors (Lipinski definition) is 6. The largest absolute Gasteiger partial charge is 0.341 e. The standard InChI is InChI=1S/C12H18N8O/c1-8(11-17-16-10-3-2-5-20(10)11)14-12(21)9-7-19(6-4-13)18-15-9/h7-8H,2-6,13H2,1H3,(H,14,21). The highest BCUT2D eigenvalue weighted by Crippen LogP contribution is 2.19. The number of carbonyl (C=O) groups excluding carboxylic acids is 1. The molecule has 0 bridgehead atoms. The van der Waals surface area contributed by atoms with Gasteiger partial charge < -0.3 is 15.6 Å². The number of carbonyl (C=O) groups is 1. The van der Waals surface area contributed by atoms with E-state index in [9.17, 15) is 4.79 Å². The number of nitrogens with one attached hydrogen (secondary N) is 1. The summed E-state index contributed by atoms with van der Waals surface area (Å²) in [5, 5.41) is 18.9. The highest BCUT2D eigenvalue weighted by atomic mass is 16.2. The van der Waals surface area contributed by atoms with Gasteiger partial charge in [0.15, 0.2) is 11.5 Å². The van der Waals surface area contributed by atoms with Gasteiger partial charge in [-0.05, 0) is 13.3 Å². The van der Waals surface area contributed by atoms with Crippen molar-refractivity contribution in [2.45, 2.75) is 38.9 Å². The van der Waals surface area contributed by atoms with Crippen molar-refractivity contribution in [2.24, 2.45) is 5.73 Å². The van der Waals surface area contributed by atoms with E-state index in [0.29, 0.717) is 13.1 Å². The molecule has 0 saturated heterocycles. The van der Waals surface area contributed by atoms with Crippen molar-refractivity contribution in [1.82, 2.24) is 35.1 Å². The molecule has 1 unspecified atom stereocenters. The van der Waals surface area contributed by atoms with E-state index in [1.807, 2.05) is 6.92 Å². The fraction of sp³-hybridized carbons (Fsp3) is 0.583. The summed E-state index contributed by atoms with van der Waals surface area (Å²) in [7, 11) is 0. The van der Waals surface area contributed by atoms with Gasteiger partial charge in [-0.15, -0.1) is 15.3 Å². The fourth-order valence-corrected chi connectivity index (χ4v) is 2.47. The minimum Gasteiger partial charge on any atom is -0.341 e. The molecule has 1 atom stereocenters. The summed E-state index contributed by atoms with van der Waals surface area (Å²) < 4.78 is 3.62. The van der Waals surface area contributed by atoms with Gasteiger partial charge in [0.25, 0.3) is 5.91 Å². The summed E-state index contributed by atoms with van der Waals surface area (Å²) in [6.45, 7) is 3.78. The van der Waals surface area contributed by atoms with Crippen LogP contribution in [0.25, 0.3) is 0 Å². The number of hydrogen-bond donors (Lipinski definition) is 2. The summed E-state index contributed by atoms with van der Waals surface area (Å²) in [5.41, 5.74) is 5.71. The molecular weight excluding hydrogens is 272 g/mol. The zero-order chi connectivity index (χ0) is 14.8. The Balaban J connectivity index is 1.68. The quantitative estimate of drug-likeness (QED) is 0.749. The second kappa shape index (κ2) is 5.60. The molecule has 21 heavy (non-hydrogen) atoms. The van der Waals surface area contributed by atoms with Crippen LogP contribution < -0.4 is 11.1 Å². The Morgan fingerprint density at radius 3 is 3.14 bits per heavy atom. The van der Waals surface area contributed by atoms with Gasteiger partial charge in [0, 0.05) is 19.5 Å². The summed E-state index contributed by atoms with van der Waals surface area (Å²) in [4.78, 5) is 12.2. The molecule has 2 aromatic heterocycles. The Morgan fingerprint density at radius 1 is 1.48 bits per heavy atom. The number of nitrogens with zero attached hydrogens (tertiary/aromatic N) is 6. The molecule has 1 aliphatic rings. The Bertz CT molecular complexity index is 645. The molecule has 3 N–H and O–H groups in total. The first-order chi connectivity index (χ1) is 10.2. The maximum Gasteiger partial charge on any atom is 0.274 e. The van der Waals surface area contributed by atoms with Gasteiger partial charge in [-0.2, -0.15) is 0 Å². The lowest BCUT2D eigenvalue weighted by molar-refractivity contribution is 0.0932. The van der Waals surface area contributed by atoms with Gasteiger partial charge in [0.1, 0.15) is 5.82 Å². The molecule has 0 radical (unpaired) electrons. The lowest BCUT2D eigenvalue weighted by Crippen LogP contribution is -2.29. The second-order valence-corrected chi connectivity index (χ2v) is 5.08. The van der Waals surface area contributed by atoms with Crippen molar-refractivity contribution in [3.05, 3.63) is 23.5 Å². The number of rotatable bonds is 5. The van der Waals surface area contributed by atoms with E-state index >= 15 is 0 Å². The Labute approximate surface area is 121 Å². The average molecular weight is 290 g/mol. The van der Waals surface area contributed by atoms with Crippen molar-refractivity contribution in [3.8, 4) is 0 Å². The zero-order valence-corrected chi connectivity index (χ0v) is 11.9. The predicted octanol–water partition coefficient (Wildman–Crippen LogP) is -0.734. The summed E-state index contributed by atoms with van der Waals surface area (Å²) in [6, 6.07) is -0.225. The molecule has 0 saturated carbocycles. The molecule has 9 heteroatoms. The molecule has 1 aliphatic heterocycles. The predicted molar refractivity (Wildman–Crippen MR) is 73.3 cm³/mol. The van der Waals surface area contributed by atoms with Crippen molar-refractivity contribution < 1.29 is 4.79 Å². The first-order valence-corrected chi connectivity index (χ1v) is 7.02. The first-order valence-electron chi connectivity index (χ1n) is 7.02. The van der Waals surface area contributed by atoms with Crippen LogP contribution in [0.4, 0.5) is 0 Å². The molecule has 3 rings (SSSR count). The molecular formula is C12H18N8O. The zero-order valence-electron chi connectivity index (χ0n) is 11.9. The van der Waals surface area contributed by atoms with Gasteiger partial charge >= 0.3 is 0 Å². The van der Waals surface area contributed by atoms with Gasteiger partial charge in [-0.25, -0.2) is 0 Å². The number of aromatic nitrogens is 6. The lowest BCUT2D eigenvalue weighted by Gasteiger charge is -2.12. The van der Waals surface area contributed by atoms with E-state index in [1.54, 1.807) is 10.9 Å². The van der Waals surface area contributed by atoms with E-state index < -0.39 is 0 Å². The van der Waals surface area contributed by atoms with Gasteiger partial charge in [-0.1, -0.05) is 5.21 Å². The number of fused-ring (bicyclic) bond motifs is 1. The van der Waals surface area contributed by atoms with Crippen LogP contribution in [0.5, 0.6) is 0 Å². The van der Waals surface area contributed by atoms with E-state index in [-0.39, 0.29) is 17.6 Å². The summed E-state index contributed by atoms with van der Waals surface area (Å²) in [5.74, 6) is 1.49. The van der Waals surface area contributed by atoms with Crippen LogP contribution in [0.1, 0.15) is 41.5 Å². The maximum absolute atomic E-state index is 12.2. The first kappa shape index (κ1) is 13.7. The van der Waals surface area contributed by atoms with E-state index in [1.165, 1.54) is 0 Å². The molecule has 9 nitrogen and oxygen atoms in total. The second-order valence-electron chi connectivity index (χ2n) is 5.08. The van der Waals surface area contributed by atoms with Crippen LogP contribution in [0, 0.1) is 0 Å².